The van der Waals surface area contributed by atoms with Gasteiger partial charge in [-0.3, -0.25) is 9.59 Å². The Balaban J connectivity index is 2.06. The van der Waals surface area contributed by atoms with Crippen molar-refractivity contribution >= 4 is 11.8 Å². The number of β-amino-alcohol motifs (C(OH)–C–C–N with tert-alkyl or cyclic N) is 1. The fourth-order valence-electron chi connectivity index (χ4n) is 3.14. The third kappa shape index (κ3) is 4.18. The Labute approximate surface area is 130 Å². The zero-order valence-corrected chi connectivity index (χ0v) is 13.3. The Morgan fingerprint density at radius 2 is 2.09 bits per heavy atom. The van der Waals surface area contributed by atoms with E-state index in [4.69, 9.17) is 9.47 Å². The highest BCUT2D eigenvalue weighted by molar-refractivity contribution is 5.76. The standard InChI is InChI=1S/C15H26N2O5/c1-3-15(20)17-7-10(18)8-21-9-13-12(17)5-4-11(22-13)6-14(19)16-2/h10-13,18H,3-9H2,1-2H3,(H,16,19)/t10-,11+,12-,13+/m0/s1. The van der Waals surface area contributed by atoms with Crippen LogP contribution in [0.25, 0.3) is 0 Å². The first-order valence-electron chi connectivity index (χ1n) is 7.96. The summed E-state index contributed by atoms with van der Waals surface area (Å²) in [6, 6.07) is -0.0941. The lowest BCUT2D eigenvalue weighted by molar-refractivity contribution is -0.169. The van der Waals surface area contributed by atoms with Crippen LogP contribution in [-0.4, -0.2) is 73.0 Å². The van der Waals surface area contributed by atoms with Crippen molar-refractivity contribution in [1.82, 2.24) is 10.2 Å². The minimum absolute atomic E-state index is 0.0179. The third-order valence-corrected chi connectivity index (χ3v) is 4.30. The topological polar surface area (TPSA) is 88.1 Å². The average Bonchev–Trinajstić information content (AvgIpc) is 2.50. The van der Waals surface area contributed by atoms with Gasteiger partial charge in [0.25, 0.3) is 0 Å². The molecule has 0 saturated carbocycles. The van der Waals surface area contributed by atoms with Gasteiger partial charge in [0.15, 0.2) is 0 Å². The molecule has 2 rings (SSSR count). The highest BCUT2D eigenvalue weighted by atomic mass is 16.5. The van der Waals surface area contributed by atoms with E-state index < -0.39 is 6.10 Å². The first-order chi connectivity index (χ1) is 10.5. The van der Waals surface area contributed by atoms with Crippen molar-refractivity contribution < 1.29 is 24.2 Å². The van der Waals surface area contributed by atoms with Gasteiger partial charge < -0.3 is 24.8 Å². The number of aliphatic hydroxyl groups excluding tert-OH is 1. The Morgan fingerprint density at radius 1 is 1.32 bits per heavy atom. The van der Waals surface area contributed by atoms with Crippen LogP contribution in [0.1, 0.15) is 32.6 Å². The second kappa shape index (κ2) is 7.89. The summed E-state index contributed by atoms with van der Waals surface area (Å²) in [5, 5.41) is 12.5. The van der Waals surface area contributed by atoms with Gasteiger partial charge in [-0.25, -0.2) is 0 Å². The molecule has 2 fully saturated rings. The number of fused-ring (bicyclic) bond motifs is 1. The van der Waals surface area contributed by atoms with Gasteiger partial charge in [0.05, 0.1) is 37.9 Å². The van der Waals surface area contributed by atoms with Crippen molar-refractivity contribution in [3.8, 4) is 0 Å². The van der Waals surface area contributed by atoms with Gasteiger partial charge in [-0.2, -0.15) is 0 Å². The van der Waals surface area contributed by atoms with E-state index >= 15 is 0 Å². The Hall–Kier alpha value is -1.18. The molecule has 7 heteroatoms. The number of rotatable bonds is 3. The van der Waals surface area contributed by atoms with Gasteiger partial charge in [0.2, 0.25) is 11.8 Å². The largest absolute Gasteiger partial charge is 0.389 e. The minimum atomic E-state index is -0.667. The molecule has 126 valence electrons. The van der Waals surface area contributed by atoms with Gasteiger partial charge >= 0.3 is 0 Å². The molecule has 0 aromatic heterocycles. The van der Waals surface area contributed by atoms with Crippen molar-refractivity contribution in [3.05, 3.63) is 0 Å². The number of carbonyl (C=O) groups is 2. The van der Waals surface area contributed by atoms with E-state index in [1.54, 1.807) is 11.9 Å². The van der Waals surface area contributed by atoms with E-state index in [0.29, 0.717) is 19.4 Å². The van der Waals surface area contributed by atoms with Crippen LogP contribution in [0.4, 0.5) is 0 Å². The molecular weight excluding hydrogens is 288 g/mol. The first-order valence-corrected chi connectivity index (χ1v) is 7.96. The SMILES string of the molecule is CCC(=O)N1C[C@H](O)COC[C@H]2O[C@@H](CC(=O)NC)CC[C@@H]21. The van der Waals surface area contributed by atoms with Gasteiger partial charge in [0.1, 0.15) is 6.10 Å². The predicted molar refractivity (Wildman–Crippen MR) is 79.2 cm³/mol. The summed E-state index contributed by atoms with van der Waals surface area (Å²) in [6.45, 7) is 2.62. The summed E-state index contributed by atoms with van der Waals surface area (Å²) in [5.74, 6) is -0.0311. The molecule has 2 saturated heterocycles. The summed E-state index contributed by atoms with van der Waals surface area (Å²) in [7, 11) is 1.61. The molecule has 22 heavy (non-hydrogen) atoms. The number of hydrogen-bond donors (Lipinski definition) is 2. The molecule has 2 aliphatic rings. The summed E-state index contributed by atoms with van der Waals surface area (Å²) >= 11 is 0. The summed E-state index contributed by atoms with van der Waals surface area (Å²) in [4.78, 5) is 25.4. The van der Waals surface area contributed by atoms with E-state index in [9.17, 15) is 14.7 Å². The summed E-state index contributed by atoms with van der Waals surface area (Å²) < 4.78 is 11.5. The smallest absolute Gasteiger partial charge is 0.222 e. The second-order valence-electron chi connectivity index (χ2n) is 5.91. The predicted octanol–water partition coefficient (Wildman–Crippen LogP) is -0.332. The molecule has 0 bridgehead atoms. The van der Waals surface area contributed by atoms with E-state index in [0.717, 1.165) is 12.8 Å². The number of hydrogen-bond acceptors (Lipinski definition) is 5. The maximum atomic E-state index is 12.2. The third-order valence-electron chi connectivity index (χ3n) is 4.30. The highest BCUT2D eigenvalue weighted by Crippen LogP contribution is 2.28. The van der Waals surface area contributed by atoms with Crippen molar-refractivity contribution in [2.24, 2.45) is 0 Å². The molecule has 2 N–H and O–H groups in total. The quantitative estimate of drug-likeness (QED) is 0.745. The molecule has 0 spiro atoms. The number of carbonyl (C=O) groups excluding carboxylic acids is 2. The molecule has 2 amide bonds. The lowest BCUT2D eigenvalue weighted by Crippen LogP contribution is -2.57. The number of nitrogens with zero attached hydrogens (tertiary/aromatic N) is 1. The van der Waals surface area contributed by atoms with Gasteiger partial charge in [-0.05, 0) is 12.8 Å². The maximum Gasteiger partial charge on any atom is 0.222 e. The molecule has 0 aliphatic carbocycles. The van der Waals surface area contributed by atoms with Gasteiger partial charge in [0, 0.05) is 20.0 Å². The molecule has 7 nitrogen and oxygen atoms in total. The monoisotopic (exact) mass is 314 g/mol. The van der Waals surface area contributed by atoms with E-state index in [1.165, 1.54) is 0 Å². The second-order valence-corrected chi connectivity index (χ2v) is 5.91. The number of amides is 2. The lowest BCUT2D eigenvalue weighted by Gasteiger charge is -2.44. The minimum Gasteiger partial charge on any atom is -0.389 e. The molecular formula is C15H26N2O5. The van der Waals surface area contributed by atoms with Gasteiger partial charge in [-0.15, -0.1) is 0 Å². The van der Waals surface area contributed by atoms with E-state index in [-0.39, 0.29) is 43.2 Å². The van der Waals surface area contributed by atoms with Crippen molar-refractivity contribution in [2.75, 3.05) is 26.8 Å². The Kier molecular flexibility index (Phi) is 6.16. The van der Waals surface area contributed by atoms with Crippen LogP contribution in [-0.2, 0) is 19.1 Å². The van der Waals surface area contributed by atoms with E-state index in [2.05, 4.69) is 5.32 Å². The van der Waals surface area contributed by atoms with Crippen molar-refractivity contribution in [1.29, 1.82) is 0 Å². The summed E-state index contributed by atoms with van der Waals surface area (Å²) in [6.07, 6.45) is 1.15. The molecule has 2 heterocycles. The molecule has 0 aromatic carbocycles. The fraction of sp³-hybridized carbons (Fsp3) is 0.867. The van der Waals surface area contributed by atoms with Crippen LogP contribution in [0.5, 0.6) is 0 Å². The molecule has 0 radical (unpaired) electrons. The molecule has 0 unspecified atom stereocenters. The van der Waals surface area contributed by atoms with Crippen LogP contribution in [0.15, 0.2) is 0 Å². The summed E-state index contributed by atoms with van der Waals surface area (Å²) in [5.41, 5.74) is 0. The lowest BCUT2D eigenvalue weighted by atomic mass is 9.94. The van der Waals surface area contributed by atoms with E-state index in [1.807, 2.05) is 6.92 Å². The molecule has 4 atom stereocenters. The normalized spacial score (nSPS) is 32.6. The van der Waals surface area contributed by atoms with Crippen LogP contribution in [0, 0.1) is 0 Å². The molecule has 0 aromatic rings. The number of aliphatic hydroxyl groups is 1. The highest BCUT2D eigenvalue weighted by Gasteiger charge is 2.39. The van der Waals surface area contributed by atoms with Crippen molar-refractivity contribution in [2.45, 2.75) is 57.0 Å². The maximum absolute atomic E-state index is 12.2. The molecule has 2 aliphatic heterocycles. The van der Waals surface area contributed by atoms with Crippen LogP contribution < -0.4 is 5.32 Å². The average molecular weight is 314 g/mol. The van der Waals surface area contributed by atoms with Crippen LogP contribution in [0.2, 0.25) is 0 Å². The Morgan fingerprint density at radius 3 is 2.77 bits per heavy atom. The Bertz CT molecular complexity index is 403. The van der Waals surface area contributed by atoms with Crippen LogP contribution in [0.3, 0.4) is 0 Å². The zero-order valence-electron chi connectivity index (χ0n) is 13.3. The van der Waals surface area contributed by atoms with Crippen molar-refractivity contribution in [3.63, 3.8) is 0 Å². The van der Waals surface area contributed by atoms with Gasteiger partial charge in [-0.1, -0.05) is 6.92 Å². The fourth-order valence-corrected chi connectivity index (χ4v) is 3.14. The van der Waals surface area contributed by atoms with Crippen LogP contribution >= 0.6 is 0 Å². The zero-order chi connectivity index (χ0) is 16.1. The number of ether oxygens (including phenoxy) is 2. The number of nitrogens with one attached hydrogen (secondary N) is 1. The first kappa shape index (κ1) is 17.2.